The van der Waals surface area contributed by atoms with Crippen molar-refractivity contribution >= 4 is 10.9 Å². The van der Waals surface area contributed by atoms with Gasteiger partial charge in [-0.15, -0.1) is 0 Å². The summed E-state index contributed by atoms with van der Waals surface area (Å²) >= 11 is 0. The SMILES string of the molecule is COc1cc(F)c2c(C#N)n[nH]c2c1. The molecule has 1 N–H and O–H groups in total. The molecule has 5 heteroatoms. The van der Waals surface area contributed by atoms with Crippen LogP contribution in [0.2, 0.25) is 0 Å². The maximum Gasteiger partial charge on any atom is 0.173 e. The van der Waals surface area contributed by atoms with Crippen LogP contribution in [0.4, 0.5) is 4.39 Å². The smallest absolute Gasteiger partial charge is 0.173 e. The van der Waals surface area contributed by atoms with Crippen LogP contribution in [0.3, 0.4) is 0 Å². The Balaban J connectivity index is 2.80. The largest absolute Gasteiger partial charge is 0.497 e. The zero-order chi connectivity index (χ0) is 10.1. The number of H-pyrrole nitrogens is 1. The number of rotatable bonds is 1. The van der Waals surface area contributed by atoms with Crippen molar-refractivity contribution in [2.24, 2.45) is 0 Å². The maximum atomic E-state index is 13.4. The topological polar surface area (TPSA) is 61.7 Å². The standard InChI is InChI=1S/C9H6FN3O/c1-14-5-2-6(10)9-7(3-5)12-13-8(9)4-11/h2-3H,1H3,(H,12,13). The predicted molar refractivity (Wildman–Crippen MR) is 47.3 cm³/mol. The number of hydrogen-bond acceptors (Lipinski definition) is 3. The number of nitrogens with one attached hydrogen (secondary N) is 1. The quantitative estimate of drug-likeness (QED) is 0.744. The number of fused-ring (bicyclic) bond motifs is 1. The third-order valence-corrected chi connectivity index (χ3v) is 1.93. The number of methoxy groups -OCH3 is 1. The average molecular weight is 191 g/mol. The first-order valence-electron chi connectivity index (χ1n) is 3.88. The van der Waals surface area contributed by atoms with Gasteiger partial charge in [0, 0.05) is 12.1 Å². The molecule has 2 rings (SSSR count). The molecule has 0 amide bonds. The Morgan fingerprint density at radius 1 is 1.57 bits per heavy atom. The van der Waals surface area contributed by atoms with E-state index >= 15 is 0 Å². The Morgan fingerprint density at radius 3 is 3.00 bits per heavy atom. The molecule has 0 spiro atoms. The van der Waals surface area contributed by atoms with Crippen molar-refractivity contribution in [3.8, 4) is 11.8 Å². The molecule has 70 valence electrons. The lowest BCUT2D eigenvalue weighted by Crippen LogP contribution is -1.85. The fourth-order valence-corrected chi connectivity index (χ4v) is 1.28. The van der Waals surface area contributed by atoms with E-state index < -0.39 is 5.82 Å². The van der Waals surface area contributed by atoms with Crippen LogP contribution < -0.4 is 4.74 Å². The Labute approximate surface area is 78.9 Å². The number of nitriles is 1. The van der Waals surface area contributed by atoms with Crippen LogP contribution in [0, 0.1) is 17.1 Å². The fourth-order valence-electron chi connectivity index (χ4n) is 1.28. The van der Waals surface area contributed by atoms with Crippen LogP contribution in [0.25, 0.3) is 10.9 Å². The number of aromatic amines is 1. The number of nitrogens with zero attached hydrogens (tertiary/aromatic N) is 2. The zero-order valence-corrected chi connectivity index (χ0v) is 7.34. The third kappa shape index (κ3) is 1.09. The number of benzene rings is 1. The van der Waals surface area contributed by atoms with Gasteiger partial charge in [0.15, 0.2) is 5.69 Å². The molecule has 0 unspecified atom stereocenters. The monoisotopic (exact) mass is 191 g/mol. The van der Waals surface area contributed by atoms with Gasteiger partial charge in [0.1, 0.15) is 17.6 Å². The number of hydrogen-bond donors (Lipinski definition) is 1. The van der Waals surface area contributed by atoms with E-state index in [0.717, 1.165) is 0 Å². The van der Waals surface area contributed by atoms with E-state index in [4.69, 9.17) is 10.00 Å². The van der Waals surface area contributed by atoms with Gasteiger partial charge in [-0.1, -0.05) is 0 Å². The molecule has 1 aromatic carbocycles. The van der Waals surface area contributed by atoms with Crippen molar-refractivity contribution in [3.05, 3.63) is 23.6 Å². The van der Waals surface area contributed by atoms with Crippen LogP contribution in [0.1, 0.15) is 5.69 Å². The molecule has 0 bridgehead atoms. The molecule has 2 aromatic rings. The maximum absolute atomic E-state index is 13.4. The second-order valence-corrected chi connectivity index (χ2v) is 2.72. The van der Waals surface area contributed by atoms with Crippen molar-refractivity contribution in [2.45, 2.75) is 0 Å². The summed E-state index contributed by atoms with van der Waals surface area (Å²) < 4.78 is 18.3. The molecule has 4 nitrogen and oxygen atoms in total. The van der Waals surface area contributed by atoms with Crippen molar-refractivity contribution in [1.82, 2.24) is 10.2 Å². The third-order valence-electron chi connectivity index (χ3n) is 1.93. The molecule has 0 saturated carbocycles. The molecule has 0 aliphatic carbocycles. The van der Waals surface area contributed by atoms with Crippen molar-refractivity contribution in [2.75, 3.05) is 7.11 Å². The number of halogens is 1. The molecule has 0 aliphatic heterocycles. The van der Waals surface area contributed by atoms with E-state index in [2.05, 4.69) is 10.2 Å². The van der Waals surface area contributed by atoms with Gasteiger partial charge >= 0.3 is 0 Å². The van der Waals surface area contributed by atoms with Gasteiger partial charge in [-0.25, -0.2) is 4.39 Å². The first kappa shape index (κ1) is 8.51. The van der Waals surface area contributed by atoms with Crippen molar-refractivity contribution < 1.29 is 9.13 Å². The van der Waals surface area contributed by atoms with Crippen LogP contribution >= 0.6 is 0 Å². The lowest BCUT2D eigenvalue weighted by molar-refractivity contribution is 0.412. The summed E-state index contributed by atoms with van der Waals surface area (Å²) in [6, 6.07) is 4.62. The molecule has 0 saturated heterocycles. The van der Waals surface area contributed by atoms with E-state index in [1.165, 1.54) is 13.2 Å². The molecule has 0 fully saturated rings. The summed E-state index contributed by atoms with van der Waals surface area (Å²) in [5.74, 6) is -0.118. The van der Waals surface area contributed by atoms with Crippen LogP contribution in [0.15, 0.2) is 12.1 Å². The highest BCUT2D eigenvalue weighted by Crippen LogP contribution is 2.24. The summed E-state index contributed by atoms with van der Waals surface area (Å²) in [6.45, 7) is 0. The van der Waals surface area contributed by atoms with Crippen molar-refractivity contribution in [1.29, 1.82) is 5.26 Å². The average Bonchev–Trinajstić information content (AvgIpc) is 2.61. The second kappa shape index (κ2) is 3.00. The van der Waals surface area contributed by atoms with Crippen LogP contribution in [-0.4, -0.2) is 17.3 Å². The first-order chi connectivity index (χ1) is 6.76. The molecular weight excluding hydrogens is 185 g/mol. The Bertz CT molecular complexity index is 527. The zero-order valence-electron chi connectivity index (χ0n) is 7.34. The van der Waals surface area contributed by atoms with E-state index in [1.54, 1.807) is 12.1 Å². The summed E-state index contributed by atoms with van der Waals surface area (Å²) in [5.41, 5.74) is 0.513. The highest BCUT2D eigenvalue weighted by Gasteiger charge is 2.11. The molecule has 1 aromatic heterocycles. The Hall–Kier alpha value is -2.09. The van der Waals surface area contributed by atoms with Gasteiger partial charge in [-0.05, 0) is 0 Å². The van der Waals surface area contributed by atoms with Crippen LogP contribution in [0.5, 0.6) is 5.75 Å². The lowest BCUT2D eigenvalue weighted by Gasteiger charge is -1.99. The lowest BCUT2D eigenvalue weighted by atomic mass is 10.2. The minimum absolute atomic E-state index is 0.0557. The predicted octanol–water partition coefficient (Wildman–Crippen LogP) is 1.58. The van der Waals surface area contributed by atoms with Crippen LogP contribution in [-0.2, 0) is 0 Å². The van der Waals surface area contributed by atoms with E-state index in [-0.39, 0.29) is 11.1 Å². The van der Waals surface area contributed by atoms with Gasteiger partial charge in [0.05, 0.1) is 18.0 Å². The molecule has 14 heavy (non-hydrogen) atoms. The molecule has 0 aliphatic rings. The fraction of sp³-hybridized carbons (Fsp3) is 0.111. The van der Waals surface area contributed by atoms with Gasteiger partial charge < -0.3 is 4.74 Å². The van der Waals surface area contributed by atoms with E-state index in [9.17, 15) is 4.39 Å². The van der Waals surface area contributed by atoms with Crippen molar-refractivity contribution in [3.63, 3.8) is 0 Å². The molecule has 0 atom stereocenters. The summed E-state index contributed by atoms with van der Waals surface area (Å²) in [7, 11) is 1.45. The van der Waals surface area contributed by atoms with E-state index in [1.807, 2.05) is 0 Å². The van der Waals surface area contributed by atoms with Gasteiger partial charge in [0.2, 0.25) is 0 Å². The number of ether oxygens (including phenoxy) is 1. The summed E-state index contributed by atoms with van der Waals surface area (Å²) in [6.07, 6.45) is 0. The first-order valence-corrected chi connectivity index (χ1v) is 3.88. The molecular formula is C9H6FN3O. The minimum Gasteiger partial charge on any atom is -0.497 e. The van der Waals surface area contributed by atoms with Gasteiger partial charge in [-0.3, -0.25) is 5.10 Å². The highest BCUT2D eigenvalue weighted by atomic mass is 19.1. The summed E-state index contributed by atoms with van der Waals surface area (Å²) in [4.78, 5) is 0. The van der Waals surface area contributed by atoms with Gasteiger partial charge in [-0.2, -0.15) is 10.4 Å². The Morgan fingerprint density at radius 2 is 2.36 bits per heavy atom. The van der Waals surface area contributed by atoms with E-state index in [0.29, 0.717) is 11.3 Å². The highest BCUT2D eigenvalue weighted by molar-refractivity contribution is 5.85. The normalized spacial score (nSPS) is 10.1. The summed E-state index contributed by atoms with van der Waals surface area (Å²) in [5, 5.41) is 15.1. The van der Waals surface area contributed by atoms with Gasteiger partial charge in [0.25, 0.3) is 0 Å². The minimum atomic E-state index is -0.510. The Kier molecular flexibility index (Phi) is 1.82. The second-order valence-electron chi connectivity index (χ2n) is 2.72. The molecule has 0 radical (unpaired) electrons. The molecule has 1 heterocycles. The number of aromatic nitrogens is 2.